The van der Waals surface area contributed by atoms with Crippen LogP contribution in [0.15, 0.2) is 28.9 Å². The topological polar surface area (TPSA) is 71.3 Å². The van der Waals surface area contributed by atoms with Crippen LogP contribution in [-0.2, 0) is 6.54 Å². The van der Waals surface area contributed by atoms with Crippen molar-refractivity contribution in [2.45, 2.75) is 39.2 Å². The Kier molecular flexibility index (Phi) is 4.90. The standard InChI is InChI=1S/C17H22N4O2/c1-13-11-15(16(22)21-8-4-2-3-5-9-21)20-17(19-13)18-12-14-7-6-10-23-14/h6-7,10-11H,2-5,8-9,12H2,1H3,(H,18,19,20). The fraction of sp³-hybridized carbons (Fsp3) is 0.471. The van der Waals surface area contributed by atoms with Gasteiger partial charge in [-0.15, -0.1) is 0 Å². The first-order valence-electron chi connectivity index (χ1n) is 8.13. The third-order valence-electron chi connectivity index (χ3n) is 3.97. The molecule has 1 saturated heterocycles. The number of carbonyl (C=O) groups is 1. The maximum absolute atomic E-state index is 12.7. The van der Waals surface area contributed by atoms with E-state index in [-0.39, 0.29) is 5.91 Å². The largest absolute Gasteiger partial charge is 0.467 e. The molecule has 0 saturated carbocycles. The van der Waals surface area contributed by atoms with Crippen molar-refractivity contribution >= 4 is 11.9 Å². The number of anilines is 1. The number of carbonyl (C=O) groups excluding carboxylic acids is 1. The van der Waals surface area contributed by atoms with Gasteiger partial charge in [0.05, 0.1) is 12.8 Å². The van der Waals surface area contributed by atoms with Gasteiger partial charge in [0.15, 0.2) is 0 Å². The number of furan rings is 1. The molecular weight excluding hydrogens is 292 g/mol. The molecule has 0 aromatic carbocycles. The quantitative estimate of drug-likeness (QED) is 0.939. The van der Waals surface area contributed by atoms with Crippen LogP contribution in [0.3, 0.4) is 0 Å². The third kappa shape index (κ3) is 4.09. The third-order valence-corrected chi connectivity index (χ3v) is 3.97. The first-order chi connectivity index (χ1) is 11.2. The Morgan fingerprint density at radius 3 is 2.74 bits per heavy atom. The molecule has 0 spiro atoms. The average Bonchev–Trinajstić information content (AvgIpc) is 2.92. The fourth-order valence-electron chi connectivity index (χ4n) is 2.77. The number of hydrogen-bond donors (Lipinski definition) is 1. The summed E-state index contributed by atoms with van der Waals surface area (Å²) in [6.45, 7) is 4.00. The van der Waals surface area contributed by atoms with Crippen molar-refractivity contribution in [1.29, 1.82) is 0 Å². The molecule has 3 heterocycles. The highest BCUT2D eigenvalue weighted by molar-refractivity contribution is 5.92. The van der Waals surface area contributed by atoms with E-state index in [9.17, 15) is 4.79 Å². The first kappa shape index (κ1) is 15.5. The smallest absolute Gasteiger partial charge is 0.272 e. The van der Waals surface area contributed by atoms with E-state index in [1.165, 1.54) is 12.8 Å². The zero-order valence-corrected chi connectivity index (χ0v) is 13.4. The van der Waals surface area contributed by atoms with Gasteiger partial charge >= 0.3 is 0 Å². The van der Waals surface area contributed by atoms with Gasteiger partial charge in [0.1, 0.15) is 11.5 Å². The summed E-state index contributed by atoms with van der Waals surface area (Å²) >= 11 is 0. The summed E-state index contributed by atoms with van der Waals surface area (Å²) in [5, 5.41) is 3.11. The van der Waals surface area contributed by atoms with Gasteiger partial charge in [0.2, 0.25) is 5.95 Å². The van der Waals surface area contributed by atoms with Crippen molar-refractivity contribution in [2.75, 3.05) is 18.4 Å². The lowest BCUT2D eigenvalue weighted by molar-refractivity contribution is 0.0755. The second-order valence-electron chi connectivity index (χ2n) is 5.86. The number of nitrogens with zero attached hydrogens (tertiary/aromatic N) is 3. The second kappa shape index (κ2) is 7.26. The molecule has 0 atom stereocenters. The Labute approximate surface area is 135 Å². The summed E-state index contributed by atoms with van der Waals surface area (Å²) < 4.78 is 5.28. The number of nitrogens with one attached hydrogen (secondary N) is 1. The van der Waals surface area contributed by atoms with Crippen molar-refractivity contribution in [3.8, 4) is 0 Å². The van der Waals surface area contributed by atoms with Crippen molar-refractivity contribution < 1.29 is 9.21 Å². The van der Waals surface area contributed by atoms with Crippen LogP contribution in [0.5, 0.6) is 0 Å². The molecule has 6 heteroatoms. The van der Waals surface area contributed by atoms with E-state index in [0.717, 1.165) is 37.4 Å². The minimum Gasteiger partial charge on any atom is -0.467 e. The Hall–Kier alpha value is -2.37. The highest BCUT2D eigenvalue weighted by atomic mass is 16.3. The predicted molar refractivity (Wildman–Crippen MR) is 87.2 cm³/mol. The minimum atomic E-state index is -0.00144. The monoisotopic (exact) mass is 314 g/mol. The molecule has 0 radical (unpaired) electrons. The average molecular weight is 314 g/mol. The van der Waals surface area contributed by atoms with Gasteiger partial charge in [0, 0.05) is 18.8 Å². The molecule has 6 nitrogen and oxygen atoms in total. The molecule has 2 aromatic heterocycles. The Morgan fingerprint density at radius 1 is 1.26 bits per heavy atom. The molecule has 122 valence electrons. The van der Waals surface area contributed by atoms with Gasteiger partial charge < -0.3 is 14.6 Å². The lowest BCUT2D eigenvalue weighted by atomic mass is 10.2. The lowest BCUT2D eigenvalue weighted by Crippen LogP contribution is -2.32. The fourth-order valence-corrected chi connectivity index (χ4v) is 2.77. The van der Waals surface area contributed by atoms with E-state index in [1.807, 2.05) is 24.0 Å². The molecule has 0 bridgehead atoms. The molecular formula is C17H22N4O2. The van der Waals surface area contributed by atoms with E-state index in [2.05, 4.69) is 15.3 Å². The number of aryl methyl sites for hydroxylation is 1. The van der Waals surface area contributed by atoms with Crippen molar-refractivity contribution in [3.05, 3.63) is 41.6 Å². The molecule has 23 heavy (non-hydrogen) atoms. The molecule has 0 unspecified atom stereocenters. The van der Waals surface area contributed by atoms with Gasteiger partial charge in [-0.05, 0) is 38.0 Å². The molecule has 1 aliphatic heterocycles. The van der Waals surface area contributed by atoms with Crippen LogP contribution in [0.25, 0.3) is 0 Å². The van der Waals surface area contributed by atoms with Crippen LogP contribution in [0.2, 0.25) is 0 Å². The van der Waals surface area contributed by atoms with E-state index < -0.39 is 0 Å². The van der Waals surface area contributed by atoms with E-state index >= 15 is 0 Å². The second-order valence-corrected chi connectivity index (χ2v) is 5.86. The van der Waals surface area contributed by atoms with Crippen molar-refractivity contribution in [1.82, 2.24) is 14.9 Å². The van der Waals surface area contributed by atoms with Gasteiger partial charge in [0.25, 0.3) is 5.91 Å². The van der Waals surface area contributed by atoms with Crippen LogP contribution >= 0.6 is 0 Å². The lowest BCUT2D eigenvalue weighted by Gasteiger charge is -2.20. The zero-order valence-electron chi connectivity index (χ0n) is 13.4. The Morgan fingerprint density at radius 2 is 2.04 bits per heavy atom. The maximum atomic E-state index is 12.7. The number of hydrogen-bond acceptors (Lipinski definition) is 5. The molecule has 2 aromatic rings. The summed E-state index contributed by atoms with van der Waals surface area (Å²) in [5.41, 5.74) is 1.24. The normalized spacial score (nSPS) is 15.3. The van der Waals surface area contributed by atoms with Crippen LogP contribution in [0.1, 0.15) is 47.6 Å². The number of amides is 1. The van der Waals surface area contributed by atoms with E-state index in [4.69, 9.17) is 4.42 Å². The Balaban J connectivity index is 1.72. The van der Waals surface area contributed by atoms with Crippen LogP contribution < -0.4 is 5.32 Å². The zero-order chi connectivity index (χ0) is 16.1. The number of rotatable bonds is 4. The molecule has 0 aliphatic carbocycles. The molecule has 3 rings (SSSR count). The summed E-state index contributed by atoms with van der Waals surface area (Å²) in [4.78, 5) is 23.3. The van der Waals surface area contributed by atoms with Crippen LogP contribution in [0, 0.1) is 6.92 Å². The van der Waals surface area contributed by atoms with Crippen molar-refractivity contribution in [2.24, 2.45) is 0 Å². The Bertz CT molecular complexity index is 647. The van der Waals surface area contributed by atoms with Crippen LogP contribution in [-0.4, -0.2) is 33.9 Å². The summed E-state index contributed by atoms with van der Waals surface area (Å²) in [7, 11) is 0. The van der Waals surface area contributed by atoms with Gasteiger partial charge in [-0.25, -0.2) is 9.97 Å². The first-order valence-corrected chi connectivity index (χ1v) is 8.13. The highest BCUT2D eigenvalue weighted by Gasteiger charge is 2.19. The van der Waals surface area contributed by atoms with E-state index in [1.54, 1.807) is 12.3 Å². The summed E-state index contributed by atoms with van der Waals surface area (Å²) in [6.07, 6.45) is 6.16. The molecule has 1 fully saturated rings. The van der Waals surface area contributed by atoms with Gasteiger partial charge in [-0.3, -0.25) is 4.79 Å². The van der Waals surface area contributed by atoms with Crippen LogP contribution in [0.4, 0.5) is 5.95 Å². The van der Waals surface area contributed by atoms with Crippen molar-refractivity contribution in [3.63, 3.8) is 0 Å². The van der Waals surface area contributed by atoms with Gasteiger partial charge in [-0.2, -0.15) is 0 Å². The summed E-state index contributed by atoms with van der Waals surface area (Å²) in [5.74, 6) is 1.26. The number of aromatic nitrogens is 2. The molecule has 1 N–H and O–H groups in total. The molecule has 1 amide bonds. The molecule has 1 aliphatic rings. The summed E-state index contributed by atoms with van der Waals surface area (Å²) in [6, 6.07) is 5.47. The predicted octanol–water partition coefficient (Wildman–Crippen LogP) is 3.01. The SMILES string of the molecule is Cc1cc(C(=O)N2CCCCCC2)nc(NCc2ccco2)n1. The number of likely N-dealkylation sites (tertiary alicyclic amines) is 1. The highest BCUT2D eigenvalue weighted by Crippen LogP contribution is 2.14. The van der Waals surface area contributed by atoms with Gasteiger partial charge in [-0.1, -0.05) is 12.8 Å². The minimum absolute atomic E-state index is 0.00144. The van der Waals surface area contributed by atoms with E-state index in [0.29, 0.717) is 18.2 Å². The maximum Gasteiger partial charge on any atom is 0.272 e.